The summed E-state index contributed by atoms with van der Waals surface area (Å²) in [5, 5.41) is 12.9. The zero-order valence-electron chi connectivity index (χ0n) is 8.67. The molecule has 8 nitrogen and oxygen atoms in total. The average Bonchev–Trinajstić information content (AvgIpc) is 2.29. The van der Waals surface area contributed by atoms with Crippen molar-refractivity contribution in [1.29, 1.82) is 0 Å². The Labute approximate surface area is 95.9 Å². The Morgan fingerprint density at radius 2 is 1.94 bits per heavy atom. The van der Waals surface area contributed by atoms with Crippen molar-refractivity contribution in [2.24, 2.45) is 5.84 Å². The van der Waals surface area contributed by atoms with Crippen LogP contribution >= 0.6 is 0 Å². The van der Waals surface area contributed by atoms with E-state index in [9.17, 15) is 19.7 Å². The lowest BCUT2D eigenvalue weighted by Crippen LogP contribution is -2.33. The largest absolute Gasteiger partial charge is 0.320 e. The molecule has 0 saturated heterocycles. The van der Waals surface area contributed by atoms with E-state index in [0.717, 1.165) is 0 Å². The summed E-state index contributed by atoms with van der Waals surface area (Å²) in [6.45, 7) is 0. The van der Waals surface area contributed by atoms with Crippen molar-refractivity contribution in [1.82, 2.24) is 5.43 Å². The second-order valence-corrected chi connectivity index (χ2v) is 3.07. The summed E-state index contributed by atoms with van der Waals surface area (Å²) in [6, 6.07) is 5.63. The number of nitrogens with one attached hydrogen (secondary N) is 2. The molecule has 8 heteroatoms. The van der Waals surface area contributed by atoms with Crippen molar-refractivity contribution in [2.75, 3.05) is 5.32 Å². The molecule has 0 aliphatic carbocycles. The van der Waals surface area contributed by atoms with Crippen molar-refractivity contribution >= 4 is 23.2 Å². The van der Waals surface area contributed by atoms with Gasteiger partial charge >= 0.3 is 0 Å². The number of anilines is 1. The highest BCUT2D eigenvalue weighted by Gasteiger charge is 2.15. The number of hydrogen-bond donors (Lipinski definition) is 3. The Morgan fingerprint density at radius 3 is 2.53 bits per heavy atom. The van der Waals surface area contributed by atoms with Crippen LogP contribution in [0.3, 0.4) is 0 Å². The van der Waals surface area contributed by atoms with E-state index in [4.69, 9.17) is 5.84 Å². The molecule has 0 spiro atoms. The molecule has 17 heavy (non-hydrogen) atoms. The molecular weight excluding hydrogens is 228 g/mol. The van der Waals surface area contributed by atoms with Crippen LogP contribution in [-0.2, 0) is 9.59 Å². The fourth-order valence-electron chi connectivity index (χ4n) is 1.13. The van der Waals surface area contributed by atoms with Gasteiger partial charge in [-0.3, -0.25) is 25.1 Å². The number of rotatable bonds is 4. The molecule has 1 aromatic carbocycles. The summed E-state index contributed by atoms with van der Waals surface area (Å²) in [5.74, 6) is 3.45. The minimum atomic E-state index is -0.680. The van der Waals surface area contributed by atoms with Crippen LogP contribution in [0.2, 0.25) is 0 Å². The summed E-state index contributed by atoms with van der Waals surface area (Å²) in [4.78, 5) is 32.1. The molecule has 0 aliphatic rings. The van der Waals surface area contributed by atoms with Gasteiger partial charge in [-0.15, -0.1) is 0 Å². The SMILES string of the molecule is NNC(=O)CC(=O)Nc1ccccc1[N+](=O)[O-]. The molecule has 1 rings (SSSR count). The first-order chi connectivity index (χ1) is 8.04. The minimum absolute atomic E-state index is 0.0346. The van der Waals surface area contributed by atoms with Crippen LogP contribution < -0.4 is 16.6 Å². The molecular formula is C9H10N4O4. The van der Waals surface area contributed by atoms with Gasteiger partial charge < -0.3 is 5.32 Å². The standard InChI is InChI=1S/C9H10N4O4/c10-12-9(15)5-8(14)11-6-3-1-2-4-7(6)13(16)17/h1-4H,5,10H2,(H,11,14)(H,12,15). The Kier molecular flexibility index (Phi) is 4.12. The van der Waals surface area contributed by atoms with Gasteiger partial charge in [0.05, 0.1) is 4.92 Å². The summed E-state index contributed by atoms with van der Waals surface area (Å²) >= 11 is 0. The minimum Gasteiger partial charge on any atom is -0.320 e. The summed E-state index contributed by atoms with van der Waals surface area (Å²) in [5.41, 5.74) is 1.58. The highest BCUT2D eigenvalue weighted by molar-refractivity contribution is 6.04. The van der Waals surface area contributed by atoms with Gasteiger partial charge in [-0.2, -0.15) is 0 Å². The molecule has 0 atom stereocenters. The number of carbonyl (C=O) groups excluding carboxylic acids is 2. The normalized spacial score (nSPS) is 9.47. The number of nitro groups is 1. The Balaban J connectivity index is 2.78. The van der Waals surface area contributed by atoms with Crippen LogP contribution in [0.4, 0.5) is 11.4 Å². The van der Waals surface area contributed by atoms with Crippen LogP contribution in [0.5, 0.6) is 0 Å². The fraction of sp³-hybridized carbons (Fsp3) is 0.111. The van der Waals surface area contributed by atoms with Crippen LogP contribution in [0.15, 0.2) is 24.3 Å². The van der Waals surface area contributed by atoms with E-state index in [0.29, 0.717) is 0 Å². The van der Waals surface area contributed by atoms with Gasteiger partial charge in [-0.05, 0) is 6.07 Å². The van der Waals surface area contributed by atoms with Gasteiger partial charge in [0.25, 0.3) is 5.69 Å². The van der Waals surface area contributed by atoms with E-state index in [-0.39, 0.29) is 11.4 Å². The van der Waals surface area contributed by atoms with Gasteiger partial charge in [-0.25, -0.2) is 5.84 Å². The molecule has 1 aromatic rings. The third-order valence-electron chi connectivity index (χ3n) is 1.86. The van der Waals surface area contributed by atoms with Gasteiger partial charge in [0.15, 0.2) is 0 Å². The summed E-state index contributed by atoms with van der Waals surface area (Å²) in [6.07, 6.45) is -0.497. The summed E-state index contributed by atoms with van der Waals surface area (Å²) in [7, 11) is 0. The molecule has 0 heterocycles. The predicted octanol–water partition coefficient (Wildman–Crippen LogP) is -0.0867. The van der Waals surface area contributed by atoms with Crippen molar-refractivity contribution in [3.05, 3.63) is 34.4 Å². The Morgan fingerprint density at radius 1 is 1.29 bits per heavy atom. The number of nitro benzene ring substituents is 1. The second kappa shape index (κ2) is 5.56. The lowest BCUT2D eigenvalue weighted by Gasteiger charge is -2.04. The van der Waals surface area contributed by atoms with E-state index in [1.807, 2.05) is 0 Å². The molecule has 0 unspecified atom stereocenters. The number of nitrogens with zero attached hydrogens (tertiary/aromatic N) is 1. The van der Waals surface area contributed by atoms with E-state index < -0.39 is 23.2 Å². The monoisotopic (exact) mass is 238 g/mol. The lowest BCUT2D eigenvalue weighted by atomic mass is 10.2. The van der Waals surface area contributed by atoms with E-state index in [1.54, 1.807) is 5.43 Å². The number of benzene rings is 1. The number of hydrogen-bond acceptors (Lipinski definition) is 5. The van der Waals surface area contributed by atoms with Crippen molar-refractivity contribution in [3.8, 4) is 0 Å². The van der Waals surface area contributed by atoms with E-state index >= 15 is 0 Å². The van der Waals surface area contributed by atoms with Crippen LogP contribution in [-0.4, -0.2) is 16.7 Å². The lowest BCUT2D eigenvalue weighted by molar-refractivity contribution is -0.383. The van der Waals surface area contributed by atoms with Crippen LogP contribution in [0, 0.1) is 10.1 Å². The molecule has 0 fully saturated rings. The topological polar surface area (TPSA) is 127 Å². The highest BCUT2D eigenvalue weighted by Crippen LogP contribution is 2.23. The quantitative estimate of drug-likeness (QED) is 0.222. The highest BCUT2D eigenvalue weighted by atomic mass is 16.6. The van der Waals surface area contributed by atoms with Crippen molar-refractivity contribution in [3.63, 3.8) is 0 Å². The molecule has 0 bridgehead atoms. The molecule has 0 radical (unpaired) electrons. The number of hydrazine groups is 1. The number of nitrogens with two attached hydrogens (primary N) is 1. The van der Waals surface area contributed by atoms with Crippen molar-refractivity contribution in [2.45, 2.75) is 6.42 Å². The molecule has 0 aliphatic heterocycles. The predicted molar refractivity (Wildman–Crippen MR) is 58.7 cm³/mol. The maximum absolute atomic E-state index is 11.3. The third-order valence-corrected chi connectivity index (χ3v) is 1.86. The number of para-hydroxylation sites is 2. The molecule has 90 valence electrons. The van der Waals surface area contributed by atoms with Crippen LogP contribution in [0.25, 0.3) is 0 Å². The third kappa shape index (κ3) is 3.54. The zero-order valence-corrected chi connectivity index (χ0v) is 8.67. The van der Waals surface area contributed by atoms with E-state index in [2.05, 4.69) is 5.32 Å². The second-order valence-electron chi connectivity index (χ2n) is 3.07. The first-order valence-corrected chi connectivity index (χ1v) is 4.57. The maximum atomic E-state index is 11.3. The van der Waals surface area contributed by atoms with Gasteiger partial charge in [0.1, 0.15) is 12.1 Å². The van der Waals surface area contributed by atoms with Gasteiger partial charge in [0, 0.05) is 6.07 Å². The zero-order chi connectivity index (χ0) is 12.8. The fourth-order valence-corrected chi connectivity index (χ4v) is 1.13. The Bertz CT molecular complexity index is 460. The van der Waals surface area contributed by atoms with Gasteiger partial charge in [-0.1, -0.05) is 12.1 Å². The average molecular weight is 238 g/mol. The molecule has 4 N–H and O–H groups in total. The molecule has 0 aromatic heterocycles. The maximum Gasteiger partial charge on any atom is 0.292 e. The van der Waals surface area contributed by atoms with Crippen LogP contribution in [0.1, 0.15) is 6.42 Å². The van der Waals surface area contributed by atoms with Crippen molar-refractivity contribution < 1.29 is 14.5 Å². The molecule has 2 amide bonds. The Hall–Kier alpha value is -2.48. The number of amides is 2. The molecule has 0 saturated carbocycles. The summed E-state index contributed by atoms with van der Waals surface area (Å²) < 4.78 is 0. The first-order valence-electron chi connectivity index (χ1n) is 4.57. The van der Waals surface area contributed by atoms with Gasteiger partial charge in [0.2, 0.25) is 11.8 Å². The first kappa shape index (κ1) is 12.6. The smallest absolute Gasteiger partial charge is 0.292 e. The van der Waals surface area contributed by atoms with E-state index in [1.165, 1.54) is 24.3 Å². The number of carbonyl (C=O) groups is 2.